The highest BCUT2D eigenvalue weighted by atomic mass is 32.2. The molecule has 0 aliphatic rings. The van der Waals surface area contributed by atoms with E-state index in [1.807, 2.05) is 13.8 Å². The van der Waals surface area contributed by atoms with Crippen LogP contribution < -0.4 is 16.0 Å². The molecule has 0 aliphatic carbocycles. The molecule has 1 rings (SSSR count). The highest BCUT2D eigenvalue weighted by Crippen LogP contribution is 2.18. The van der Waals surface area contributed by atoms with Crippen LogP contribution in [0.5, 0.6) is 0 Å². The van der Waals surface area contributed by atoms with E-state index in [9.17, 15) is 13.2 Å². The molecule has 0 aromatic heterocycles. The van der Waals surface area contributed by atoms with Crippen LogP contribution in [0, 0.1) is 0 Å². The topological polar surface area (TPSA) is 112 Å². The van der Waals surface area contributed by atoms with Crippen LogP contribution in [0.15, 0.2) is 34.2 Å². The van der Waals surface area contributed by atoms with Gasteiger partial charge in [-0.15, -0.1) is 0 Å². The van der Waals surface area contributed by atoms with Gasteiger partial charge in [-0.05, 0) is 46.2 Å². The molecule has 0 saturated heterocycles. The van der Waals surface area contributed by atoms with Crippen molar-refractivity contribution in [3.8, 4) is 0 Å². The first-order valence-electron chi connectivity index (χ1n) is 9.64. The van der Waals surface area contributed by atoms with Crippen LogP contribution in [0.3, 0.4) is 0 Å². The normalized spacial score (nSPS) is 13.2. The molecule has 0 spiro atoms. The van der Waals surface area contributed by atoms with E-state index < -0.39 is 27.3 Å². The molecule has 10 heteroatoms. The lowest BCUT2D eigenvalue weighted by molar-refractivity contribution is 0.0474. The third-order valence-corrected chi connectivity index (χ3v) is 5.85. The summed E-state index contributed by atoms with van der Waals surface area (Å²) in [6, 6.07) is 6.81. The number of guanidine groups is 1. The number of rotatable bonds is 7. The molecule has 0 heterocycles. The maximum Gasteiger partial charge on any atom is 0.408 e. The molecule has 0 atom stereocenters. The van der Waals surface area contributed by atoms with E-state index in [0.29, 0.717) is 18.1 Å². The number of carbonyl (C=O) groups is 1. The number of alkyl carbamates (subject to hydrolysis) is 1. The van der Waals surface area contributed by atoms with Crippen molar-refractivity contribution in [1.29, 1.82) is 0 Å². The summed E-state index contributed by atoms with van der Waals surface area (Å²) in [4.78, 5) is 16.4. The molecule has 170 valence electrons. The number of nitrogens with one attached hydrogen (secondary N) is 3. The molecule has 0 saturated carbocycles. The Labute approximate surface area is 180 Å². The number of benzene rings is 1. The monoisotopic (exact) mass is 441 g/mol. The third kappa shape index (κ3) is 8.19. The first-order chi connectivity index (χ1) is 13.7. The molecule has 1 aromatic carbocycles. The summed E-state index contributed by atoms with van der Waals surface area (Å²) in [5.41, 5.74) is -0.558. The van der Waals surface area contributed by atoms with Gasteiger partial charge in [-0.2, -0.15) is 0 Å². The van der Waals surface area contributed by atoms with Crippen molar-refractivity contribution in [2.24, 2.45) is 4.99 Å². The van der Waals surface area contributed by atoms with Crippen molar-refractivity contribution in [3.05, 3.63) is 29.8 Å². The molecular weight excluding hydrogens is 406 g/mol. The Bertz CT molecular complexity index is 858. The van der Waals surface area contributed by atoms with Crippen molar-refractivity contribution in [2.45, 2.75) is 57.2 Å². The van der Waals surface area contributed by atoms with Gasteiger partial charge in [0.15, 0.2) is 5.96 Å². The highest BCUT2D eigenvalue weighted by molar-refractivity contribution is 7.89. The minimum Gasteiger partial charge on any atom is -0.444 e. The maximum atomic E-state index is 12.5. The van der Waals surface area contributed by atoms with Gasteiger partial charge in [-0.1, -0.05) is 18.2 Å². The molecule has 9 nitrogen and oxygen atoms in total. The van der Waals surface area contributed by atoms with Gasteiger partial charge in [0.05, 0.1) is 10.4 Å². The van der Waals surface area contributed by atoms with Gasteiger partial charge in [0.1, 0.15) is 5.60 Å². The molecule has 0 unspecified atom stereocenters. The van der Waals surface area contributed by atoms with Crippen LogP contribution in [-0.2, 0) is 21.3 Å². The van der Waals surface area contributed by atoms with Crippen LogP contribution in [-0.4, -0.2) is 63.6 Å². The predicted octanol–water partition coefficient (Wildman–Crippen LogP) is 1.91. The van der Waals surface area contributed by atoms with Crippen molar-refractivity contribution >= 4 is 22.1 Å². The van der Waals surface area contributed by atoms with E-state index >= 15 is 0 Å². The highest BCUT2D eigenvalue weighted by Gasteiger charge is 2.25. The van der Waals surface area contributed by atoms with Crippen LogP contribution in [0.25, 0.3) is 0 Å². The predicted molar refractivity (Wildman–Crippen MR) is 119 cm³/mol. The van der Waals surface area contributed by atoms with E-state index in [1.165, 1.54) is 18.4 Å². The van der Waals surface area contributed by atoms with Gasteiger partial charge in [0, 0.05) is 34.2 Å². The second-order valence-electron chi connectivity index (χ2n) is 8.69. The fourth-order valence-corrected chi connectivity index (χ4v) is 3.54. The number of hydrogen-bond donors (Lipinski definition) is 3. The molecule has 30 heavy (non-hydrogen) atoms. The number of amides is 1. The van der Waals surface area contributed by atoms with E-state index in [0.717, 1.165) is 0 Å². The third-order valence-electron chi connectivity index (χ3n) is 3.94. The van der Waals surface area contributed by atoms with E-state index in [2.05, 4.69) is 20.9 Å². The zero-order valence-corrected chi connectivity index (χ0v) is 20.0. The van der Waals surface area contributed by atoms with E-state index in [-0.39, 0.29) is 11.4 Å². The molecule has 0 bridgehead atoms. The van der Waals surface area contributed by atoms with Crippen LogP contribution >= 0.6 is 0 Å². The van der Waals surface area contributed by atoms with Crippen LogP contribution in [0.1, 0.15) is 40.2 Å². The van der Waals surface area contributed by atoms with Crippen LogP contribution in [0.2, 0.25) is 0 Å². The van der Waals surface area contributed by atoms with Crippen molar-refractivity contribution in [1.82, 2.24) is 20.3 Å². The number of nitrogens with zero attached hydrogens (tertiary/aromatic N) is 2. The summed E-state index contributed by atoms with van der Waals surface area (Å²) < 4.78 is 31.5. The van der Waals surface area contributed by atoms with Gasteiger partial charge in [-0.25, -0.2) is 17.5 Å². The lowest BCUT2D eigenvalue weighted by atomic mass is 10.1. The number of ether oxygens (including phenoxy) is 1. The number of aliphatic imine (C=N–C) groups is 1. The van der Waals surface area contributed by atoms with Gasteiger partial charge in [-0.3, -0.25) is 4.99 Å². The molecule has 1 aromatic rings. The number of sulfonamides is 1. The largest absolute Gasteiger partial charge is 0.444 e. The lowest BCUT2D eigenvalue weighted by Crippen LogP contribution is -2.54. The Kier molecular flexibility index (Phi) is 8.67. The van der Waals surface area contributed by atoms with Gasteiger partial charge in [0.2, 0.25) is 10.0 Å². The second-order valence-corrected chi connectivity index (χ2v) is 10.8. The second kappa shape index (κ2) is 10.1. The zero-order chi connectivity index (χ0) is 23.2. The molecule has 0 aliphatic heterocycles. The van der Waals surface area contributed by atoms with Crippen molar-refractivity contribution < 1.29 is 17.9 Å². The summed E-state index contributed by atoms with van der Waals surface area (Å²) in [7, 11) is 1.06. The Hall–Kier alpha value is -2.33. The number of hydrogen-bond acceptors (Lipinski definition) is 5. The van der Waals surface area contributed by atoms with Gasteiger partial charge < -0.3 is 20.7 Å². The fraction of sp³-hybridized carbons (Fsp3) is 0.600. The number of carbonyl (C=O) groups excluding carboxylic acids is 1. The lowest BCUT2D eigenvalue weighted by Gasteiger charge is -2.29. The Morgan fingerprint density at radius 2 is 1.70 bits per heavy atom. The Morgan fingerprint density at radius 1 is 1.10 bits per heavy atom. The minimum atomic E-state index is -3.55. The first kappa shape index (κ1) is 25.7. The quantitative estimate of drug-likeness (QED) is 0.440. The minimum absolute atomic E-state index is 0.241. The van der Waals surface area contributed by atoms with Gasteiger partial charge >= 0.3 is 6.09 Å². The summed E-state index contributed by atoms with van der Waals surface area (Å²) in [6.45, 7) is 9.77. The van der Waals surface area contributed by atoms with Crippen LogP contribution in [0.4, 0.5) is 4.79 Å². The van der Waals surface area contributed by atoms with E-state index in [4.69, 9.17) is 4.74 Å². The summed E-state index contributed by atoms with van der Waals surface area (Å²) >= 11 is 0. The zero-order valence-electron chi connectivity index (χ0n) is 19.2. The van der Waals surface area contributed by atoms with Crippen molar-refractivity contribution in [3.63, 3.8) is 0 Å². The first-order valence-corrected chi connectivity index (χ1v) is 11.1. The average Bonchev–Trinajstić information content (AvgIpc) is 2.59. The maximum absolute atomic E-state index is 12.5. The standard InChI is InChI=1S/C20H35N5O4S/c1-19(2,3)29-18(26)24-20(4,5)14-23-17(21-6)22-13-15-11-9-10-12-16(15)30(27,28)25(7)8/h9-12H,13-14H2,1-8H3,(H,24,26)(H2,21,22,23). The smallest absolute Gasteiger partial charge is 0.408 e. The Balaban J connectivity index is 2.74. The van der Waals surface area contributed by atoms with E-state index in [1.54, 1.807) is 52.1 Å². The summed E-state index contributed by atoms with van der Waals surface area (Å²) in [6.07, 6.45) is -0.500. The molecule has 0 fully saturated rings. The molecule has 1 amide bonds. The summed E-state index contributed by atoms with van der Waals surface area (Å²) in [5, 5.41) is 9.07. The van der Waals surface area contributed by atoms with Gasteiger partial charge in [0.25, 0.3) is 0 Å². The SMILES string of the molecule is CN=C(NCc1ccccc1S(=O)(=O)N(C)C)NCC(C)(C)NC(=O)OC(C)(C)C. The summed E-state index contributed by atoms with van der Waals surface area (Å²) in [5.74, 6) is 0.478. The van der Waals surface area contributed by atoms with Crippen molar-refractivity contribution in [2.75, 3.05) is 27.7 Å². The fourth-order valence-electron chi connectivity index (χ4n) is 2.43. The molecule has 0 radical (unpaired) electrons. The molecule has 3 N–H and O–H groups in total. The average molecular weight is 442 g/mol. The Morgan fingerprint density at radius 3 is 2.23 bits per heavy atom. The molecular formula is C20H35N5O4S.